The number of hydrogen-bond donors (Lipinski definition) is 1. The van der Waals surface area contributed by atoms with Crippen LogP contribution in [0.15, 0.2) is 28.1 Å². The third kappa shape index (κ3) is 3.16. The Morgan fingerprint density at radius 2 is 2.00 bits per heavy atom. The average Bonchev–Trinajstić information content (AvgIpc) is 2.82. The Labute approximate surface area is 135 Å². The lowest BCUT2D eigenvalue weighted by atomic mass is 10.1. The van der Waals surface area contributed by atoms with Crippen LogP contribution in [0.3, 0.4) is 0 Å². The highest BCUT2D eigenvalue weighted by Gasteiger charge is 2.20. The van der Waals surface area contributed by atoms with E-state index in [1.54, 1.807) is 12.1 Å². The number of halogens is 1. The van der Waals surface area contributed by atoms with Gasteiger partial charge in [-0.2, -0.15) is 0 Å². The SMILES string of the molecule is COC(=O)c1scc(C)c1NC(=O)c1cccc(Br)c1C. The van der Waals surface area contributed by atoms with Crippen molar-refractivity contribution in [2.45, 2.75) is 13.8 Å². The quantitative estimate of drug-likeness (QED) is 0.828. The van der Waals surface area contributed by atoms with Gasteiger partial charge in [-0.15, -0.1) is 11.3 Å². The van der Waals surface area contributed by atoms with Crippen LogP contribution in [0.4, 0.5) is 5.69 Å². The fourth-order valence-electron chi connectivity index (χ4n) is 1.88. The summed E-state index contributed by atoms with van der Waals surface area (Å²) in [5, 5.41) is 4.62. The first kappa shape index (κ1) is 15.7. The Balaban J connectivity index is 2.34. The number of esters is 1. The summed E-state index contributed by atoms with van der Waals surface area (Å²) in [7, 11) is 1.32. The molecule has 0 fully saturated rings. The third-order valence-corrected chi connectivity index (χ3v) is 5.03. The van der Waals surface area contributed by atoms with E-state index in [9.17, 15) is 9.59 Å². The topological polar surface area (TPSA) is 55.4 Å². The van der Waals surface area contributed by atoms with Gasteiger partial charge in [-0.05, 0) is 42.5 Å². The normalized spacial score (nSPS) is 10.3. The van der Waals surface area contributed by atoms with Crippen LogP contribution in [0.25, 0.3) is 0 Å². The highest BCUT2D eigenvalue weighted by Crippen LogP contribution is 2.29. The van der Waals surface area contributed by atoms with Crippen LogP contribution in [-0.2, 0) is 4.74 Å². The van der Waals surface area contributed by atoms with E-state index in [-0.39, 0.29) is 5.91 Å². The van der Waals surface area contributed by atoms with E-state index in [1.165, 1.54) is 18.4 Å². The molecule has 0 saturated heterocycles. The molecule has 0 saturated carbocycles. The summed E-state index contributed by atoms with van der Waals surface area (Å²) in [5.74, 6) is -0.699. The molecule has 1 N–H and O–H groups in total. The minimum atomic E-state index is -0.450. The number of rotatable bonds is 3. The Kier molecular flexibility index (Phi) is 4.80. The molecular weight excluding hydrogens is 354 g/mol. The maximum absolute atomic E-state index is 12.4. The van der Waals surface area contributed by atoms with Crippen LogP contribution in [0, 0.1) is 13.8 Å². The van der Waals surface area contributed by atoms with E-state index < -0.39 is 5.97 Å². The summed E-state index contributed by atoms with van der Waals surface area (Å²) in [6.45, 7) is 3.70. The molecule has 0 aliphatic carbocycles. The zero-order chi connectivity index (χ0) is 15.6. The number of ether oxygens (including phenoxy) is 1. The molecule has 2 aromatic rings. The van der Waals surface area contributed by atoms with Crippen molar-refractivity contribution in [1.29, 1.82) is 0 Å². The smallest absolute Gasteiger partial charge is 0.350 e. The number of thiophene rings is 1. The second-order valence-electron chi connectivity index (χ2n) is 4.48. The number of hydrogen-bond acceptors (Lipinski definition) is 4. The molecule has 0 aliphatic heterocycles. The standard InChI is InChI=1S/C15H14BrNO3S/c1-8-7-21-13(15(19)20-3)12(8)17-14(18)10-5-4-6-11(16)9(10)2/h4-7H,1-3H3,(H,17,18). The molecule has 6 heteroatoms. The van der Waals surface area contributed by atoms with Gasteiger partial charge in [-0.25, -0.2) is 4.79 Å². The zero-order valence-corrected chi connectivity index (χ0v) is 14.2. The number of benzene rings is 1. The predicted molar refractivity (Wildman–Crippen MR) is 87.2 cm³/mol. The molecule has 0 radical (unpaired) electrons. The Morgan fingerprint density at radius 1 is 1.29 bits per heavy atom. The second-order valence-corrected chi connectivity index (χ2v) is 6.21. The van der Waals surface area contributed by atoms with Gasteiger partial charge in [-0.1, -0.05) is 22.0 Å². The predicted octanol–water partition coefficient (Wildman–Crippen LogP) is 4.17. The van der Waals surface area contributed by atoms with Crippen LogP contribution in [0.5, 0.6) is 0 Å². The van der Waals surface area contributed by atoms with Gasteiger partial charge in [0.25, 0.3) is 5.91 Å². The first-order chi connectivity index (χ1) is 9.95. The fourth-order valence-corrected chi connectivity index (χ4v) is 3.16. The Bertz CT molecular complexity index is 709. The number of carbonyl (C=O) groups is 2. The van der Waals surface area contributed by atoms with Crippen LogP contribution in [-0.4, -0.2) is 19.0 Å². The molecule has 0 spiro atoms. The van der Waals surface area contributed by atoms with Crippen molar-refractivity contribution in [3.63, 3.8) is 0 Å². The van der Waals surface area contributed by atoms with Gasteiger partial charge in [-0.3, -0.25) is 4.79 Å². The van der Waals surface area contributed by atoms with Crippen LogP contribution in [0.1, 0.15) is 31.2 Å². The molecule has 1 aromatic carbocycles. The molecule has 110 valence electrons. The van der Waals surface area contributed by atoms with Gasteiger partial charge >= 0.3 is 5.97 Å². The Morgan fingerprint density at radius 3 is 2.67 bits per heavy atom. The van der Waals surface area contributed by atoms with Crippen molar-refractivity contribution in [2.75, 3.05) is 12.4 Å². The van der Waals surface area contributed by atoms with Gasteiger partial charge in [0, 0.05) is 10.0 Å². The monoisotopic (exact) mass is 367 g/mol. The highest BCUT2D eigenvalue weighted by molar-refractivity contribution is 9.10. The van der Waals surface area contributed by atoms with Crippen molar-refractivity contribution in [2.24, 2.45) is 0 Å². The van der Waals surface area contributed by atoms with Crippen LogP contribution < -0.4 is 5.32 Å². The van der Waals surface area contributed by atoms with Gasteiger partial charge in [0.15, 0.2) is 0 Å². The average molecular weight is 368 g/mol. The van der Waals surface area contributed by atoms with Crippen molar-refractivity contribution >= 4 is 44.8 Å². The lowest BCUT2D eigenvalue weighted by Gasteiger charge is -2.10. The van der Waals surface area contributed by atoms with Crippen LogP contribution in [0.2, 0.25) is 0 Å². The second kappa shape index (κ2) is 6.41. The number of carbonyl (C=O) groups excluding carboxylic acids is 2. The van der Waals surface area contributed by atoms with Crippen molar-refractivity contribution < 1.29 is 14.3 Å². The van der Waals surface area contributed by atoms with E-state index in [0.717, 1.165) is 15.6 Å². The Hall–Kier alpha value is -1.66. The molecule has 0 aliphatic rings. The molecule has 1 heterocycles. The minimum absolute atomic E-state index is 0.250. The number of nitrogens with one attached hydrogen (secondary N) is 1. The third-order valence-electron chi connectivity index (χ3n) is 3.10. The van der Waals surface area contributed by atoms with E-state index in [1.807, 2.05) is 25.3 Å². The summed E-state index contributed by atoms with van der Waals surface area (Å²) in [5.41, 5.74) is 2.76. The largest absolute Gasteiger partial charge is 0.465 e. The molecule has 1 aromatic heterocycles. The summed E-state index contributed by atoms with van der Waals surface area (Å²) >= 11 is 4.66. The van der Waals surface area contributed by atoms with Crippen molar-refractivity contribution in [3.05, 3.63) is 49.6 Å². The molecule has 4 nitrogen and oxygen atoms in total. The molecule has 2 rings (SSSR count). The molecule has 1 amide bonds. The number of amides is 1. The molecule has 0 bridgehead atoms. The number of methoxy groups -OCH3 is 1. The first-order valence-corrected chi connectivity index (χ1v) is 7.85. The highest BCUT2D eigenvalue weighted by atomic mass is 79.9. The van der Waals surface area contributed by atoms with E-state index in [4.69, 9.17) is 4.74 Å². The summed E-state index contributed by atoms with van der Waals surface area (Å²) in [4.78, 5) is 24.5. The summed E-state index contributed by atoms with van der Waals surface area (Å²) in [6.07, 6.45) is 0. The minimum Gasteiger partial charge on any atom is -0.465 e. The molecule has 0 atom stereocenters. The van der Waals surface area contributed by atoms with Gasteiger partial charge < -0.3 is 10.1 Å². The van der Waals surface area contributed by atoms with E-state index in [0.29, 0.717) is 16.1 Å². The van der Waals surface area contributed by atoms with Gasteiger partial charge in [0.1, 0.15) is 4.88 Å². The molecule has 21 heavy (non-hydrogen) atoms. The zero-order valence-electron chi connectivity index (χ0n) is 11.8. The van der Waals surface area contributed by atoms with Crippen LogP contribution >= 0.6 is 27.3 Å². The van der Waals surface area contributed by atoms with Gasteiger partial charge in [0.2, 0.25) is 0 Å². The van der Waals surface area contributed by atoms with E-state index >= 15 is 0 Å². The van der Waals surface area contributed by atoms with Crippen molar-refractivity contribution in [1.82, 2.24) is 0 Å². The summed E-state index contributed by atoms with van der Waals surface area (Å²) in [6, 6.07) is 5.42. The maximum atomic E-state index is 12.4. The lowest BCUT2D eigenvalue weighted by molar-refractivity contribution is 0.0607. The molecular formula is C15H14BrNO3S. The molecule has 0 unspecified atom stereocenters. The van der Waals surface area contributed by atoms with E-state index in [2.05, 4.69) is 21.2 Å². The fraction of sp³-hybridized carbons (Fsp3) is 0.200. The number of anilines is 1. The lowest BCUT2D eigenvalue weighted by Crippen LogP contribution is -2.16. The number of aryl methyl sites for hydroxylation is 1. The van der Waals surface area contributed by atoms with Gasteiger partial charge in [0.05, 0.1) is 12.8 Å². The maximum Gasteiger partial charge on any atom is 0.350 e. The summed E-state index contributed by atoms with van der Waals surface area (Å²) < 4.78 is 5.60. The van der Waals surface area contributed by atoms with Crippen molar-refractivity contribution in [3.8, 4) is 0 Å². The first-order valence-electron chi connectivity index (χ1n) is 6.18.